The van der Waals surface area contributed by atoms with Gasteiger partial charge in [-0.25, -0.2) is 0 Å². The molecule has 2 aromatic carbocycles. The Labute approximate surface area is 120 Å². The van der Waals surface area contributed by atoms with E-state index in [2.05, 4.69) is 72.8 Å². The molecule has 0 aliphatic heterocycles. The maximum atomic E-state index is 2.43. The van der Waals surface area contributed by atoms with E-state index >= 15 is 0 Å². The first-order chi connectivity index (χ1) is 9.93. The van der Waals surface area contributed by atoms with Crippen molar-refractivity contribution < 1.29 is 0 Å². The summed E-state index contributed by atoms with van der Waals surface area (Å²) in [5, 5.41) is 0. The number of rotatable bonds is 2. The van der Waals surface area contributed by atoms with Crippen molar-refractivity contribution in [1.29, 1.82) is 0 Å². The van der Waals surface area contributed by atoms with Gasteiger partial charge in [-0.05, 0) is 35.1 Å². The second-order valence-corrected chi connectivity index (χ2v) is 5.72. The number of hydrogen-bond donors (Lipinski definition) is 0. The Bertz CT molecular complexity index is 602. The third-order valence-corrected chi connectivity index (χ3v) is 4.63. The molecule has 2 aliphatic rings. The summed E-state index contributed by atoms with van der Waals surface area (Å²) in [6, 6.07) is 21.9. The fourth-order valence-corrected chi connectivity index (χ4v) is 3.73. The molecule has 0 bridgehead atoms. The van der Waals surface area contributed by atoms with Crippen molar-refractivity contribution in [2.75, 3.05) is 0 Å². The predicted molar refractivity (Wildman–Crippen MR) is 83.8 cm³/mol. The molecule has 0 N–H and O–H groups in total. The first-order valence-electron chi connectivity index (χ1n) is 7.44. The molecule has 0 heterocycles. The summed E-state index contributed by atoms with van der Waals surface area (Å²) in [4.78, 5) is 0. The lowest BCUT2D eigenvalue weighted by Gasteiger charge is -2.12. The van der Waals surface area contributed by atoms with Crippen molar-refractivity contribution in [3.8, 4) is 0 Å². The SMILES string of the molecule is C1=C2C(=CC1)[C@@H](c1ccccc1)C[C@@H]2c1ccccc1. The van der Waals surface area contributed by atoms with Crippen molar-refractivity contribution in [3.63, 3.8) is 0 Å². The molecule has 1 fully saturated rings. The van der Waals surface area contributed by atoms with Crippen LogP contribution in [0.1, 0.15) is 35.8 Å². The molecule has 0 amide bonds. The van der Waals surface area contributed by atoms with Crippen LogP contribution in [0, 0.1) is 0 Å². The smallest absolute Gasteiger partial charge is 0.00981 e. The van der Waals surface area contributed by atoms with Crippen LogP contribution < -0.4 is 0 Å². The standard InChI is InChI=1S/C20H18/c1-3-8-15(9-4-1)19-14-20(16-10-5-2-6-11-16)18-13-7-12-17(18)19/h1-6,8-13,19-20H,7,14H2/t19-,20-/m1/s1. The van der Waals surface area contributed by atoms with Gasteiger partial charge in [-0.1, -0.05) is 72.8 Å². The monoisotopic (exact) mass is 258 g/mol. The van der Waals surface area contributed by atoms with Gasteiger partial charge in [0.2, 0.25) is 0 Å². The fourth-order valence-electron chi connectivity index (χ4n) is 3.73. The Kier molecular flexibility index (Phi) is 2.81. The second-order valence-electron chi connectivity index (χ2n) is 5.72. The van der Waals surface area contributed by atoms with Gasteiger partial charge in [-0.2, -0.15) is 0 Å². The molecule has 0 heteroatoms. The van der Waals surface area contributed by atoms with Crippen LogP contribution in [0.3, 0.4) is 0 Å². The predicted octanol–water partition coefficient (Wildman–Crippen LogP) is 5.21. The van der Waals surface area contributed by atoms with Crippen LogP contribution in [0.4, 0.5) is 0 Å². The molecule has 2 aromatic rings. The average molecular weight is 258 g/mol. The zero-order valence-corrected chi connectivity index (χ0v) is 11.5. The normalized spacial score (nSPS) is 24.2. The molecule has 4 rings (SSSR count). The summed E-state index contributed by atoms with van der Waals surface area (Å²) in [5.74, 6) is 1.16. The third-order valence-electron chi connectivity index (χ3n) is 4.63. The summed E-state index contributed by atoms with van der Waals surface area (Å²) in [6.07, 6.45) is 7.18. The van der Waals surface area contributed by atoms with Crippen LogP contribution >= 0.6 is 0 Å². The van der Waals surface area contributed by atoms with E-state index in [1.54, 1.807) is 11.1 Å². The van der Waals surface area contributed by atoms with Gasteiger partial charge in [-0.3, -0.25) is 0 Å². The first kappa shape index (κ1) is 11.7. The number of allylic oxidation sites excluding steroid dienone is 4. The minimum absolute atomic E-state index is 0.579. The van der Waals surface area contributed by atoms with Gasteiger partial charge in [0.1, 0.15) is 0 Å². The highest BCUT2D eigenvalue weighted by atomic mass is 14.4. The summed E-state index contributed by atoms with van der Waals surface area (Å²) < 4.78 is 0. The molecular weight excluding hydrogens is 240 g/mol. The fraction of sp³-hybridized carbons (Fsp3) is 0.200. The van der Waals surface area contributed by atoms with Crippen molar-refractivity contribution in [1.82, 2.24) is 0 Å². The number of benzene rings is 2. The molecule has 98 valence electrons. The highest BCUT2D eigenvalue weighted by Crippen LogP contribution is 2.53. The van der Waals surface area contributed by atoms with Crippen molar-refractivity contribution in [3.05, 3.63) is 95.1 Å². The molecular formula is C20H18. The van der Waals surface area contributed by atoms with Crippen LogP contribution in [0.2, 0.25) is 0 Å². The van der Waals surface area contributed by atoms with E-state index in [9.17, 15) is 0 Å². The van der Waals surface area contributed by atoms with E-state index in [4.69, 9.17) is 0 Å². The van der Waals surface area contributed by atoms with E-state index < -0.39 is 0 Å². The Hall–Kier alpha value is -2.08. The van der Waals surface area contributed by atoms with Crippen LogP contribution in [0.5, 0.6) is 0 Å². The number of hydrogen-bond acceptors (Lipinski definition) is 0. The highest BCUT2D eigenvalue weighted by Gasteiger charge is 2.36. The van der Waals surface area contributed by atoms with Gasteiger partial charge in [0.05, 0.1) is 0 Å². The van der Waals surface area contributed by atoms with Crippen LogP contribution in [-0.4, -0.2) is 0 Å². The van der Waals surface area contributed by atoms with E-state index in [1.807, 2.05) is 0 Å². The van der Waals surface area contributed by atoms with E-state index in [0.717, 1.165) is 6.42 Å². The Morgan fingerprint density at radius 1 is 0.600 bits per heavy atom. The van der Waals surface area contributed by atoms with Gasteiger partial charge in [-0.15, -0.1) is 0 Å². The van der Waals surface area contributed by atoms with E-state index in [0.29, 0.717) is 11.8 Å². The van der Waals surface area contributed by atoms with Gasteiger partial charge >= 0.3 is 0 Å². The van der Waals surface area contributed by atoms with E-state index in [-0.39, 0.29) is 0 Å². The Balaban J connectivity index is 1.74. The zero-order chi connectivity index (χ0) is 13.4. The molecule has 20 heavy (non-hydrogen) atoms. The molecule has 0 saturated heterocycles. The highest BCUT2D eigenvalue weighted by molar-refractivity contribution is 5.55. The second kappa shape index (κ2) is 4.79. The van der Waals surface area contributed by atoms with Crippen molar-refractivity contribution in [2.24, 2.45) is 0 Å². The molecule has 1 saturated carbocycles. The topological polar surface area (TPSA) is 0 Å². The van der Waals surface area contributed by atoms with Gasteiger partial charge in [0.15, 0.2) is 0 Å². The summed E-state index contributed by atoms with van der Waals surface area (Å²) in [7, 11) is 0. The lowest BCUT2D eigenvalue weighted by Crippen LogP contribution is -1.96. The molecule has 0 unspecified atom stereocenters. The maximum absolute atomic E-state index is 2.43. The molecule has 0 spiro atoms. The largest absolute Gasteiger partial charge is 0.0766 e. The number of fused-ring (bicyclic) bond motifs is 1. The van der Waals surface area contributed by atoms with Gasteiger partial charge in [0, 0.05) is 11.8 Å². The minimum atomic E-state index is 0.579. The Morgan fingerprint density at radius 2 is 1.05 bits per heavy atom. The first-order valence-corrected chi connectivity index (χ1v) is 7.44. The minimum Gasteiger partial charge on any atom is -0.0766 e. The molecule has 0 nitrogen and oxygen atoms in total. The zero-order valence-electron chi connectivity index (χ0n) is 11.5. The molecule has 2 aliphatic carbocycles. The lowest BCUT2D eigenvalue weighted by atomic mass is 9.91. The van der Waals surface area contributed by atoms with Crippen LogP contribution in [0.15, 0.2) is 84.0 Å². The molecule has 0 radical (unpaired) electrons. The molecule has 0 aromatic heterocycles. The summed E-state index contributed by atoms with van der Waals surface area (Å²) in [6.45, 7) is 0. The van der Waals surface area contributed by atoms with Crippen LogP contribution in [0.25, 0.3) is 0 Å². The van der Waals surface area contributed by atoms with Gasteiger partial charge < -0.3 is 0 Å². The maximum Gasteiger partial charge on any atom is 0.00981 e. The lowest BCUT2D eigenvalue weighted by molar-refractivity contribution is 0.722. The average Bonchev–Trinajstić information content (AvgIpc) is 3.11. The summed E-state index contributed by atoms with van der Waals surface area (Å²) in [5.41, 5.74) is 6.07. The van der Waals surface area contributed by atoms with Crippen molar-refractivity contribution in [2.45, 2.75) is 24.7 Å². The summed E-state index contributed by atoms with van der Waals surface area (Å²) >= 11 is 0. The quantitative estimate of drug-likeness (QED) is 0.693. The van der Waals surface area contributed by atoms with E-state index in [1.165, 1.54) is 17.5 Å². The van der Waals surface area contributed by atoms with Gasteiger partial charge in [0.25, 0.3) is 0 Å². The Morgan fingerprint density at radius 3 is 1.50 bits per heavy atom. The molecule has 2 atom stereocenters. The third kappa shape index (κ3) is 1.84. The van der Waals surface area contributed by atoms with Crippen molar-refractivity contribution >= 4 is 0 Å². The van der Waals surface area contributed by atoms with Crippen LogP contribution in [-0.2, 0) is 0 Å².